The van der Waals surface area contributed by atoms with Crippen LogP contribution in [0.3, 0.4) is 0 Å². The normalized spacial score (nSPS) is 16.1. The first-order valence-corrected chi connectivity index (χ1v) is 6.82. The van der Waals surface area contributed by atoms with Crippen LogP contribution in [-0.2, 0) is 41.2 Å². The highest BCUT2D eigenvalue weighted by atomic mass is 32.1. The molecule has 0 aromatic carbocycles. The zero-order valence-electron chi connectivity index (χ0n) is 12.1. The molecule has 1 aliphatic heterocycles. The highest BCUT2D eigenvalue weighted by molar-refractivity contribution is 7.65. The molecule has 7 nitrogen and oxygen atoms in total. The molecule has 1 aromatic heterocycles. The van der Waals surface area contributed by atoms with Crippen molar-refractivity contribution in [3.8, 4) is 0 Å². The number of aromatic nitrogens is 1. The van der Waals surface area contributed by atoms with E-state index in [9.17, 15) is 9.59 Å². The summed E-state index contributed by atoms with van der Waals surface area (Å²) in [7, 11) is 2.39. The Balaban J connectivity index is 2.36. The van der Waals surface area contributed by atoms with E-state index in [0.717, 1.165) is 5.56 Å². The van der Waals surface area contributed by atoms with Crippen molar-refractivity contribution in [3.63, 3.8) is 0 Å². The maximum absolute atomic E-state index is 11.9. The van der Waals surface area contributed by atoms with Gasteiger partial charge in [-0.1, -0.05) is 0 Å². The lowest BCUT2D eigenvalue weighted by atomic mass is 10.2. The fourth-order valence-corrected chi connectivity index (χ4v) is 2.17. The number of carbonyl (C=O) groups is 2. The van der Waals surface area contributed by atoms with Crippen molar-refractivity contribution in [1.82, 2.24) is 0 Å². The van der Waals surface area contributed by atoms with Gasteiger partial charge in [0.05, 0.1) is 27.4 Å². The predicted molar refractivity (Wildman–Crippen MR) is 75.9 cm³/mol. The maximum atomic E-state index is 11.9. The molecule has 2 rings (SSSR count). The summed E-state index contributed by atoms with van der Waals surface area (Å²) in [5.74, 6) is -1.52. The standard InChI is InChI=1S/C14H15NO6S/c1-18-12(16)10(11(22)13(17)19-2)15-5-3-9(4-6-15)14-20-7-8-21-14/h3-6,14H,7-8H2,1-2H3. The first-order valence-electron chi connectivity index (χ1n) is 6.41. The second-order valence-corrected chi connectivity index (χ2v) is 4.68. The summed E-state index contributed by atoms with van der Waals surface area (Å²) >= 11 is 4.98. The molecule has 0 saturated carbocycles. The minimum absolute atomic E-state index is 0.0934. The van der Waals surface area contributed by atoms with Gasteiger partial charge in [0.25, 0.3) is 5.70 Å². The first kappa shape index (κ1) is 16.3. The Morgan fingerprint density at radius 1 is 1.14 bits per heavy atom. The van der Waals surface area contributed by atoms with Crippen molar-refractivity contribution in [2.45, 2.75) is 6.29 Å². The summed E-state index contributed by atoms with van der Waals surface area (Å²) in [5.41, 5.74) is 0.700. The molecule has 0 amide bonds. The molecule has 118 valence electrons. The Morgan fingerprint density at radius 2 is 1.68 bits per heavy atom. The summed E-state index contributed by atoms with van der Waals surface area (Å²) in [6.07, 6.45) is 2.72. The highest BCUT2D eigenvalue weighted by Gasteiger charge is 2.26. The van der Waals surface area contributed by atoms with Gasteiger partial charge in [-0.05, 0) is 4.91 Å². The van der Waals surface area contributed by atoms with E-state index in [1.54, 1.807) is 24.5 Å². The molecular weight excluding hydrogens is 310 g/mol. The fraction of sp³-hybridized carbons (Fsp3) is 0.357. The summed E-state index contributed by atoms with van der Waals surface area (Å²) in [6, 6.07) is 3.41. The van der Waals surface area contributed by atoms with E-state index >= 15 is 0 Å². The lowest BCUT2D eigenvalue weighted by molar-refractivity contribution is -0.578. The molecular formula is C14H15NO6S. The number of hydrogen-bond donors (Lipinski definition) is 0. The monoisotopic (exact) mass is 325 g/mol. The summed E-state index contributed by atoms with van der Waals surface area (Å²) in [5, 5.41) is 0. The smallest absolute Gasteiger partial charge is 0.402 e. The Morgan fingerprint density at radius 3 is 2.18 bits per heavy atom. The van der Waals surface area contributed by atoms with Gasteiger partial charge in [0.1, 0.15) is 0 Å². The van der Waals surface area contributed by atoms with E-state index in [1.807, 2.05) is 0 Å². The second kappa shape index (κ2) is 7.30. The lowest BCUT2D eigenvalue weighted by Crippen LogP contribution is -2.38. The average molecular weight is 325 g/mol. The topological polar surface area (TPSA) is 74.9 Å². The van der Waals surface area contributed by atoms with Crippen molar-refractivity contribution in [1.29, 1.82) is 0 Å². The molecule has 0 spiro atoms. The zero-order valence-corrected chi connectivity index (χ0v) is 12.9. The van der Waals surface area contributed by atoms with E-state index in [-0.39, 0.29) is 10.6 Å². The number of rotatable bonds is 4. The van der Waals surface area contributed by atoms with Gasteiger partial charge in [0.15, 0.2) is 18.7 Å². The minimum Gasteiger partial charge on any atom is -0.766 e. The van der Waals surface area contributed by atoms with Crippen LogP contribution in [0.25, 0.3) is 5.70 Å². The van der Waals surface area contributed by atoms with Crippen LogP contribution in [0, 0.1) is 0 Å². The molecule has 0 bridgehead atoms. The number of carbonyl (C=O) groups excluding carboxylic acids is 2. The molecule has 22 heavy (non-hydrogen) atoms. The second-order valence-electron chi connectivity index (χ2n) is 4.27. The summed E-state index contributed by atoms with van der Waals surface area (Å²) < 4.78 is 21.4. The Kier molecular flexibility index (Phi) is 5.42. The Bertz CT molecular complexity index is 592. The quantitative estimate of drug-likeness (QED) is 0.336. The SMILES string of the molecule is COC(=O)C([S-])=C(C(=O)OC)[n+]1ccc(C2OCCO2)cc1. The van der Waals surface area contributed by atoms with Crippen molar-refractivity contribution < 1.29 is 33.1 Å². The largest absolute Gasteiger partial charge is 0.766 e. The van der Waals surface area contributed by atoms with Crippen molar-refractivity contribution in [2.24, 2.45) is 0 Å². The van der Waals surface area contributed by atoms with E-state index in [0.29, 0.717) is 13.2 Å². The van der Waals surface area contributed by atoms with Crippen LogP contribution in [0.1, 0.15) is 11.9 Å². The van der Waals surface area contributed by atoms with Crippen LogP contribution in [0.15, 0.2) is 29.4 Å². The van der Waals surface area contributed by atoms with E-state index in [2.05, 4.69) is 9.47 Å². The van der Waals surface area contributed by atoms with Gasteiger partial charge in [0, 0.05) is 17.7 Å². The zero-order chi connectivity index (χ0) is 16.1. The molecule has 1 aliphatic rings. The first-order chi connectivity index (χ1) is 10.6. The van der Waals surface area contributed by atoms with E-state index in [1.165, 1.54) is 18.8 Å². The number of ether oxygens (including phenoxy) is 4. The third-order valence-corrected chi connectivity index (χ3v) is 3.33. The van der Waals surface area contributed by atoms with Crippen molar-refractivity contribution in [2.75, 3.05) is 27.4 Å². The lowest BCUT2D eigenvalue weighted by Gasteiger charge is -2.12. The molecule has 0 aliphatic carbocycles. The van der Waals surface area contributed by atoms with Gasteiger partial charge in [-0.25, -0.2) is 9.59 Å². The van der Waals surface area contributed by atoms with E-state index in [4.69, 9.17) is 22.1 Å². The number of esters is 2. The third kappa shape index (κ3) is 3.41. The Labute approximate surface area is 132 Å². The molecule has 1 fully saturated rings. The van der Waals surface area contributed by atoms with Crippen LogP contribution < -0.4 is 4.57 Å². The highest BCUT2D eigenvalue weighted by Crippen LogP contribution is 2.22. The van der Waals surface area contributed by atoms with E-state index < -0.39 is 18.2 Å². The van der Waals surface area contributed by atoms with Gasteiger partial charge in [-0.3, -0.25) is 0 Å². The predicted octanol–water partition coefficient (Wildman–Crippen LogP) is 0.0810. The molecule has 1 aromatic rings. The van der Waals surface area contributed by atoms with Crippen LogP contribution in [0.4, 0.5) is 0 Å². The maximum Gasteiger partial charge on any atom is 0.402 e. The fourth-order valence-electron chi connectivity index (χ4n) is 1.90. The Hall–Kier alpha value is -2.03. The molecule has 0 atom stereocenters. The third-order valence-electron chi connectivity index (χ3n) is 2.97. The molecule has 8 heteroatoms. The van der Waals surface area contributed by atoms with Crippen LogP contribution in [0.5, 0.6) is 0 Å². The van der Waals surface area contributed by atoms with Crippen LogP contribution in [-0.4, -0.2) is 39.4 Å². The number of methoxy groups -OCH3 is 2. The number of pyridine rings is 1. The van der Waals surface area contributed by atoms with Crippen molar-refractivity contribution in [3.05, 3.63) is 35.0 Å². The van der Waals surface area contributed by atoms with Crippen LogP contribution in [0.2, 0.25) is 0 Å². The number of nitrogens with zero attached hydrogens (tertiary/aromatic N) is 1. The van der Waals surface area contributed by atoms with Gasteiger partial charge < -0.3 is 31.6 Å². The van der Waals surface area contributed by atoms with Gasteiger partial charge in [-0.15, -0.1) is 0 Å². The average Bonchev–Trinajstić information content (AvgIpc) is 3.09. The molecule has 1 saturated heterocycles. The molecule has 0 radical (unpaired) electrons. The van der Waals surface area contributed by atoms with Crippen LogP contribution >= 0.6 is 0 Å². The van der Waals surface area contributed by atoms with Gasteiger partial charge in [0.2, 0.25) is 0 Å². The molecule has 0 unspecified atom stereocenters. The number of hydrogen-bond acceptors (Lipinski definition) is 7. The summed E-state index contributed by atoms with van der Waals surface area (Å²) in [4.78, 5) is 23.2. The molecule has 2 heterocycles. The van der Waals surface area contributed by atoms with Crippen molar-refractivity contribution >= 4 is 30.3 Å². The van der Waals surface area contributed by atoms with Gasteiger partial charge in [-0.2, -0.15) is 4.57 Å². The summed E-state index contributed by atoms with van der Waals surface area (Å²) in [6.45, 7) is 1.07. The molecule has 0 N–H and O–H groups in total. The van der Waals surface area contributed by atoms with Gasteiger partial charge >= 0.3 is 11.9 Å². The minimum atomic E-state index is -0.783.